The lowest BCUT2D eigenvalue weighted by Gasteiger charge is -2.16. The average molecular weight is 385 g/mol. The fourth-order valence-electron chi connectivity index (χ4n) is 3.41. The Hall–Kier alpha value is -2.33. The molecule has 1 atom stereocenters. The summed E-state index contributed by atoms with van der Waals surface area (Å²) < 4.78 is 0. The lowest BCUT2D eigenvalue weighted by atomic mass is 10.1. The molecule has 0 aromatic heterocycles. The number of benzene rings is 2. The smallest absolute Gasteiger partial charge is 0.225 e. The molecule has 5 heteroatoms. The van der Waals surface area contributed by atoms with E-state index in [4.69, 9.17) is 11.6 Å². The maximum Gasteiger partial charge on any atom is 0.225 e. The maximum atomic E-state index is 12.4. The third-order valence-electron chi connectivity index (χ3n) is 4.93. The van der Waals surface area contributed by atoms with Crippen LogP contribution in [0.5, 0.6) is 0 Å². The molecule has 0 spiro atoms. The largest absolute Gasteiger partial charge is 0.356 e. The first kappa shape index (κ1) is 19.4. The molecule has 3 rings (SSSR count). The molecule has 1 N–H and O–H groups in total. The number of carbonyl (C=O) groups is 2. The van der Waals surface area contributed by atoms with Crippen LogP contribution in [0.25, 0.3) is 0 Å². The summed E-state index contributed by atoms with van der Waals surface area (Å²) in [5.74, 6) is -0.197. The molecule has 1 fully saturated rings. The topological polar surface area (TPSA) is 49.4 Å². The average Bonchev–Trinajstić information content (AvgIpc) is 3.05. The monoisotopic (exact) mass is 384 g/mol. The van der Waals surface area contributed by atoms with Gasteiger partial charge in [-0.3, -0.25) is 9.59 Å². The van der Waals surface area contributed by atoms with Crippen LogP contribution >= 0.6 is 11.6 Å². The van der Waals surface area contributed by atoms with Gasteiger partial charge in [0.25, 0.3) is 0 Å². The van der Waals surface area contributed by atoms with Crippen LogP contribution < -0.4 is 5.32 Å². The Kier molecular flexibility index (Phi) is 6.88. The SMILES string of the molecule is O=C(NCCCc1ccccc1)C1CC(=O)N(CCc2cccc(Cl)c2)C1. The van der Waals surface area contributed by atoms with Crippen molar-refractivity contribution in [2.45, 2.75) is 25.7 Å². The van der Waals surface area contributed by atoms with Gasteiger partial charge in [0.1, 0.15) is 0 Å². The first-order chi connectivity index (χ1) is 13.1. The molecule has 2 aromatic carbocycles. The molecule has 142 valence electrons. The van der Waals surface area contributed by atoms with E-state index in [1.165, 1.54) is 5.56 Å². The van der Waals surface area contributed by atoms with Gasteiger partial charge in [-0.1, -0.05) is 54.1 Å². The van der Waals surface area contributed by atoms with Crippen LogP contribution in [-0.2, 0) is 22.4 Å². The van der Waals surface area contributed by atoms with E-state index in [2.05, 4.69) is 17.4 Å². The van der Waals surface area contributed by atoms with Gasteiger partial charge in [0.15, 0.2) is 0 Å². The van der Waals surface area contributed by atoms with Crippen LogP contribution in [0.2, 0.25) is 5.02 Å². The quantitative estimate of drug-likeness (QED) is 0.708. The van der Waals surface area contributed by atoms with Gasteiger partial charge in [0.05, 0.1) is 5.92 Å². The van der Waals surface area contributed by atoms with E-state index in [-0.39, 0.29) is 17.7 Å². The van der Waals surface area contributed by atoms with Crippen LogP contribution in [0, 0.1) is 5.92 Å². The number of aryl methyl sites for hydroxylation is 1. The third-order valence-corrected chi connectivity index (χ3v) is 5.16. The predicted molar refractivity (Wildman–Crippen MR) is 108 cm³/mol. The Labute approximate surface area is 165 Å². The van der Waals surface area contributed by atoms with Crippen LogP contribution in [0.4, 0.5) is 0 Å². The molecule has 1 aliphatic rings. The summed E-state index contributed by atoms with van der Waals surface area (Å²) in [5, 5.41) is 3.68. The van der Waals surface area contributed by atoms with Crippen LogP contribution in [0.1, 0.15) is 24.0 Å². The maximum absolute atomic E-state index is 12.4. The Morgan fingerprint density at radius 3 is 2.63 bits per heavy atom. The highest BCUT2D eigenvalue weighted by atomic mass is 35.5. The highest BCUT2D eigenvalue weighted by Gasteiger charge is 2.33. The minimum absolute atomic E-state index is 0.0123. The Morgan fingerprint density at radius 1 is 1.07 bits per heavy atom. The van der Waals surface area contributed by atoms with E-state index < -0.39 is 0 Å². The number of nitrogens with zero attached hydrogens (tertiary/aromatic N) is 1. The minimum Gasteiger partial charge on any atom is -0.356 e. The zero-order valence-corrected chi connectivity index (χ0v) is 16.1. The molecule has 27 heavy (non-hydrogen) atoms. The number of nitrogens with one attached hydrogen (secondary N) is 1. The Bertz CT molecular complexity index is 779. The summed E-state index contributed by atoms with van der Waals surface area (Å²) in [6.45, 7) is 1.77. The van der Waals surface area contributed by atoms with Crippen molar-refractivity contribution < 1.29 is 9.59 Å². The second-order valence-electron chi connectivity index (χ2n) is 7.00. The number of carbonyl (C=O) groups excluding carboxylic acids is 2. The fourth-order valence-corrected chi connectivity index (χ4v) is 3.63. The number of hydrogen-bond acceptors (Lipinski definition) is 2. The van der Waals surface area contributed by atoms with E-state index in [9.17, 15) is 9.59 Å². The predicted octanol–water partition coefficient (Wildman–Crippen LogP) is 3.48. The highest BCUT2D eigenvalue weighted by Crippen LogP contribution is 2.19. The van der Waals surface area contributed by atoms with E-state index in [0.29, 0.717) is 31.1 Å². The lowest BCUT2D eigenvalue weighted by Crippen LogP contribution is -2.34. The molecule has 1 unspecified atom stereocenters. The van der Waals surface area contributed by atoms with Crippen LogP contribution in [0.3, 0.4) is 0 Å². The Morgan fingerprint density at radius 2 is 1.85 bits per heavy atom. The fraction of sp³-hybridized carbons (Fsp3) is 0.364. The zero-order valence-electron chi connectivity index (χ0n) is 15.4. The van der Waals surface area contributed by atoms with E-state index in [1.807, 2.05) is 42.5 Å². The molecule has 1 heterocycles. The molecular formula is C22H25ClN2O2. The van der Waals surface area contributed by atoms with E-state index in [1.54, 1.807) is 4.90 Å². The van der Waals surface area contributed by atoms with Gasteiger partial charge in [-0.15, -0.1) is 0 Å². The van der Waals surface area contributed by atoms with Gasteiger partial charge in [-0.25, -0.2) is 0 Å². The van der Waals surface area contributed by atoms with E-state index >= 15 is 0 Å². The van der Waals surface area contributed by atoms with Crippen LogP contribution in [0.15, 0.2) is 54.6 Å². The van der Waals surface area contributed by atoms with Crippen molar-refractivity contribution in [3.8, 4) is 0 Å². The molecule has 1 aliphatic heterocycles. The van der Waals surface area contributed by atoms with Crippen molar-refractivity contribution in [1.82, 2.24) is 10.2 Å². The molecule has 1 saturated heterocycles. The van der Waals surface area contributed by atoms with Gasteiger partial charge in [0, 0.05) is 31.1 Å². The molecule has 4 nitrogen and oxygen atoms in total. The van der Waals surface area contributed by atoms with E-state index in [0.717, 1.165) is 24.8 Å². The van der Waals surface area contributed by atoms with Crippen molar-refractivity contribution in [2.24, 2.45) is 5.92 Å². The molecule has 0 aliphatic carbocycles. The van der Waals surface area contributed by atoms with Crippen molar-refractivity contribution in [1.29, 1.82) is 0 Å². The normalized spacial score (nSPS) is 16.6. The summed E-state index contributed by atoms with van der Waals surface area (Å²) >= 11 is 6.00. The minimum atomic E-state index is -0.242. The number of amides is 2. The summed E-state index contributed by atoms with van der Waals surface area (Å²) in [4.78, 5) is 26.4. The van der Waals surface area contributed by atoms with Gasteiger partial charge >= 0.3 is 0 Å². The summed E-state index contributed by atoms with van der Waals surface area (Å²) in [6, 6.07) is 17.9. The van der Waals surface area contributed by atoms with Gasteiger partial charge in [0.2, 0.25) is 11.8 Å². The Balaban J connectivity index is 1.39. The molecular weight excluding hydrogens is 360 g/mol. The first-order valence-corrected chi connectivity index (χ1v) is 9.83. The lowest BCUT2D eigenvalue weighted by molar-refractivity contribution is -0.129. The molecule has 0 bridgehead atoms. The first-order valence-electron chi connectivity index (χ1n) is 9.45. The number of rotatable bonds is 8. The summed E-state index contributed by atoms with van der Waals surface area (Å²) in [6.07, 6.45) is 2.89. The second kappa shape index (κ2) is 9.56. The second-order valence-corrected chi connectivity index (χ2v) is 7.44. The molecule has 0 radical (unpaired) electrons. The van der Waals surface area contributed by atoms with Gasteiger partial charge in [-0.2, -0.15) is 0 Å². The number of hydrogen-bond donors (Lipinski definition) is 1. The van der Waals surface area contributed by atoms with Crippen molar-refractivity contribution in [3.05, 3.63) is 70.7 Å². The summed E-state index contributed by atoms with van der Waals surface area (Å²) in [5.41, 5.74) is 2.37. The van der Waals surface area contributed by atoms with Gasteiger partial charge in [-0.05, 0) is 42.5 Å². The number of halogens is 1. The van der Waals surface area contributed by atoms with Crippen LogP contribution in [-0.4, -0.2) is 36.3 Å². The van der Waals surface area contributed by atoms with Crippen molar-refractivity contribution in [3.63, 3.8) is 0 Å². The standard InChI is InChI=1S/C22H25ClN2O2/c23-20-10-4-8-18(14-20)11-13-25-16-19(15-21(25)26)22(27)24-12-5-9-17-6-2-1-3-7-17/h1-4,6-8,10,14,19H,5,9,11-13,15-16H2,(H,24,27). The van der Waals surface area contributed by atoms with Crippen molar-refractivity contribution >= 4 is 23.4 Å². The molecule has 2 aromatic rings. The van der Waals surface area contributed by atoms with Crippen molar-refractivity contribution in [2.75, 3.05) is 19.6 Å². The molecule has 2 amide bonds. The third kappa shape index (κ3) is 5.83. The van der Waals surface area contributed by atoms with Gasteiger partial charge < -0.3 is 10.2 Å². The highest BCUT2D eigenvalue weighted by molar-refractivity contribution is 6.30. The molecule has 0 saturated carbocycles. The zero-order chi connectivity index (χ0) is 19.1. The number of likely N-dealkylation sites (tertiary alicyclic amines) is 1. The summed E-state index contributed by atoms with van der Waals surface area (Å²) in [7, 11) is 0.